The molecule has 0 aromatic carbocycles. The Kier molecular flexibility index (Phi) is 20.4. The van der Waals surface area contributed by atoms with Gasteiger partial charge in [-0.15, -0.1) is 0 Å². The molecule has 0 atom stereocenters. The summed E-state index contributed by atoms with van der Waals surface area (Å²) in [5.41, 5.74) is 0. The molecular formula is C19H44Br2N2. The summed E-state index contributed by atoms with van der Waals surface area (Å²) < 4.78 is 2.64. The van der Waals surface area contributed by atoms with E-state index in [2.05, 4.69) is 41.5 Å². The van der Waals surface area contributed by atoms with Crippen LogP contribution < -0.4 is 34.0 Å². The number of quaternary nitrogens is 2. The monoisotopic (exact) mass is 458 g/mol. The van der Waals surface area contributed by atoms with Gasteiger partial charge < -0.3 is 42.9 Å². The molecule has 0 N–H and O–H groups in total. The Morgan fingerprint density at radius 1 is 0.391 bits per heavy atom. The lowest BCUT2D eigenvalue weighted by molar-refractivity contribution is -0.923. The molecule has 0 unspecified atom stereocenters. The summed E-state index contributed by atoms with van der Waals surface area (Å²) >= 11 is 0. The predicted octanol–water partition coefficient (Wildman–Crippen LogP) is -1.30. The average Bonchev–Trinajstić information content (AvgIpc) is 2.55. The number of nitrogens with zero attached hydrogens (tertiary/aromatic N) is 2. The van der Waals surface area contributed by atoms with Crippen LogP contribution in [0.5, 0.6) is 0 Å². The van der Waals surface area contributed by atoms with Crippen LogP contribution in [0.1, 0.15) is 73.6 Å². The fraction of sp³-hybridized carbons (Fsp3) is 1.00. The van der Waals surface area contributed by atoms with Crippen molar-refractivity contribution in [1.82, 2.24) is 0 Å². The maximum absolute atomic E-state index is 2.35. The van der Waals surface area contributed by atoms with Gasteiger partial charge >= 0.3 is 0 Å². The Bertz CT molecular complexity index is 199. The molecule has 0 heterocycles. The Morgan fingerprint density at radius 2 is 0.609 bits per heavy atom. The van der Waals surface area contributed by atoms with Crippen molar-refractivity contribution in [3.63, 3.8) is 0 Å². The fourth-order valence-electron chi connectivity index (χ4n) is 3.72. The number of hydrogen-bond donors (Lipinski definition) is 0. The van der Waals surface area contributed by atoms with Crippen LogP contribution in [0.4, 0.5) is 0 Å². The van der Waals surface area contributed by atoms with E-state index in [0.29, 0.717) is 0 Å². The molecule has 0 spiro atoms. The van der Waals surface area contributed by atoms with E-state index in [4.69, 9.17) is 0 Å². The highest BCUT2D eigenvalue weighted by Gasteiger charge is 2.20. The van der Waals surface area contributed by atoms with E-state index in [-0.39, 0.29) is 34.0 Å². The zero-order chi connectivity index (χ0) is 16.2. The molecule has 0 aromatic heterocycles. The van der Waals surface area contributed by atoms with Gasteiger partial charge in [-0.05, 0) is 67.2 Å². The van der Waals surface area contributed by atoms with Crippen LogP contribution in [0.25, 0.3) is 0 Å². The van der Waals surface area contributed by atoms with Crippen LogP contribution in [-0.4, -0.2) is 61.3 Å². The number of unbranched alkanes of at least 4 members (excludes halogenated alkanes) is 4. The van der Waals surface area contributed by atoms with E-state index in [1.54, 1.807) is 0 Å². The second-order valence-electron chi connectivity index (χ2n) is 6.80. The van der Waals surface area contributed by atoms with Crippen molar-refractivity contribution >= 4 is 0 Å². The fourth-order valence-corrected chi connectivity index (χ4v) is 3.72. The van der Waals surface area contributed by atoms with Gasteiger partial charge in [-0.1, -0.05) is 6.42 Å². The first-order chi connectivity index (χ1) is 10.1. The highest BCUT2D eigenvalue weighted by molar-refractivity contribution is 4.48. The normalized spacial score (nSPS) is 11.7. The van der Waals surface area contributed by atoms with Crippen molar-refractivity contribution in [3.05, 3.63) is 0 Å². The minimum absolute atomic E-state index is 0. The van der Waals surface area contributed by atoms with E-state index in [9.17, 15) is 0 Å². The van der Waals surface area contributed by atoms with Crippen LogP contribution in [0.3, 0.4) is 0 Å². The largest absolute Gasteiger partial charge is 1.00 e. The van der Waals surface area contributed by atoms with Crippen molar-refractivity contribution in [3.8, 4) is 0 Å². The van der Waals surface area contributed by atoms with Crippen molar-refractivity contribution < 1.29 is 42.9 Å². The lowest BCUT2D eigenvalue weighted by atomic mass is 10.1. The minimum atomic E-state index is 0. The van der Waals surface area contributed by atoms with Crippen LogP contribution in [-0.2, 0) is 0 Å². The van der Waals surface area contributed by atoms with E-state index in [1.807, 2.05) is 0 Å². The molecule has 144 valence electrons. The van der Waals surface area contributed by atoms with E-state index in [1.165, 1.54) is 93.4 Å². The minimum Gasteiger partial charge on any atom is -1.00 e. The zero-order valence-corrected chi connectivity index (χ0v) is 20.0. The SMILES string of the molecule is CC[N+](CC)(CC)CCCCCCC[N+](CC)(CC)CC.[Br-].[Br-]. The highest BCUT2D eigenvalue weighted by Crippen LogP contribution is 2.13. The molecule has 0 amide bonds. The molecule has 0 aliphatic carbocycles. The Hall–Kier alpha value is 0.880. The third-order valence-corrected chi connectivity index (χ3v) is 6.29. The second-order valence-corrected chi connectivity index (χ2v) is 6.80. The van der Waals surface area contributed by atoms with Crippen LogP contribution in [0.2, 0.25) is 0 Å². The number of rotatable bonds is 14. The lowest BCUT2D eigenvalue weighted by Crippen LogP contribution is -3.00. The maximum Gasteiger partial charge on any atom is 0.0786 e. The highest BCUT2D eigenvalue weighted by atomic mass is 79.9. The Morgan fingerprint density at radius 3 is 0.826 bits per heavy atom. The maximum atomic E-state index is 2.35. The molecule has 0 radical (unpaired) electrons. The summed E-state index contributed by atoms with van der Waals surface area (Å²) in [7, 11) is 0. The van der Waals surface area contributed by atoms with Crippen LogP contribution in [0, 0.1) is 0 Å². The molecule has 0 saturated carbocycles. The first-order valence-corrected chi connectivity index (χ1v) is 9.77. The van der Waals surface area contributed by atoms with E-state index in [0.717, 1.165) is 0 Å². The lowest BCUT2D eigenvalue weighted by Gasteiger charge is -2.36. The summed E-state index contributed by atoms with van der Waals surface area (Å²) in [6.07, 6.45) is 7.15. The van der Waals surface area contributed by atoms with E-state index < -0.39 is 0 Å². The van der Waals surface area contributed by atoms with Gasteiger partial charge in [-0.25, -0.2) is 0 Å². The average molecular weight is 460 g/mol. The van der Waals surface area contributed by atoms with Gasteiger partial charge in [0.2, 0.25) is 0 Å². The number of halogens is 2. The molecule has 0 fully saturated rings. The van der Waals surface area contributed by atoms with Gasteiger partial charge in [-0.3, -0.25) is 0 Å². The van der Waals surface area contributed by atoms with Crippen molar-refractivity contribution in [1.29, 1.82) is 0 Å². The van der Waals surface area contributed by atoms with Gasteiger partial charge in [0.05, 0.1) is 52.4 Å². The molecule has 0 aromatic rings. The molecule has 0 rings (SSSR count). The van der Waals surface area contributed by atoms with Gasteiger partial charge in [0.15, 0.2) is 0 Å². The molecular weight excluding hydrogens is 416 g/mol. The summed E-state index contributed by atoms with van der Waals surface area (Å²) in [4.78, 5) is 0. The molecule has 0 bridgehead atoms. The summed E-state index contributed by atoms with van der Waals surface area (Å²) in [6.45, 7) is 24.7. The molecule has 4 heteroatoms. The van der Waals surface area contributed by atoms with Crippen LogP contribution in [0.15, 0.2) is 0 Å². The smallest absolute Gasteiger partial charge is 0.0786 e. The second kappa shape index (κ2) is 16.4. The van der Waals surface area contributed by atoms with Gasteiger partial charge in [0, 0.05) is 0 Å². The number of hydrogen-bond acceptors (Lipinski definition) is 0. The topological polar surface area (TPSA) is 0 Å². The quantitative estimate of drug-likeness (QED) is 0.223. The van der Waals surface area contributed by atoms with Gasteiger partial charge in [0.1, 0.15) is 0 Å². The first-order valence-electron chi connectivity index (χ1n) is 9.77. The molecule has 0 aliphatic heterocycles. The summed E-state index contributed by atoms with van der Waals surface area (Å²) in [6, 6.07) is 0. The Balaban J connectivity index is -0.00000200. The predicted molar refractivity (Wildman–Crippen MR) is 96.6 cm³/mol. The van der Waals surface area contributed by atoms with Crippen LogP contribution >= 0.6 is 0 Å². The van der Waals surface area contributed by atoms with E-state index >= 15 is 0 Å². The van der Waals surface area contributed by atoms with Crippen molar-refractivity contribution in [2.45, 2.75) is 73.6 Å². The first kappa shape index (κ1) is 28.7. The zero-order valence-electron chi connectivity index (χ0n) is 16.8. The standard InChI is InChI=1S/C19H44N2.2BrH/c1-7-20(8-2,9-3)18-16-14-13-15-17-19-21(10-4,11-5)12-6;;/h7-19H2,1-6H3;2*1H/q+2;;/p-2. The van der Waals surface area contributed by atoms with Gasteiger partial charge in [0.25, 0.3) is 0 Å². The third-order valence-electron chi connectivity index (χ3n) is 6.29. The Labute approximate surface area is 168 Å². The molecule has 2 nitrogen and oxygen atoms in total. The summed E-state index contributed by atoms with van der Waals surface area (Å²) in [5, 5.41) is 0. The summed E-state index contributed by atoms with van der Waals surface area (Å²) in [5.74, 6) is 0. The third kappa shape index (κ3) is 10.5. The molecule has 0 saturated heterocycles. The van der Waals surface area contributed by atoms with Crippen molar-refractivity contribution in [2.75, 3.05) is 52.4 Å². The van der Waals surface area contributed by atoms with Crippen molar-refractivity contribution in [2.24, 2.45) is 0 Å². The molecule has 23 heavy (non-hydrogen) atoms. The molecule has 0 aliphatic rings. The van der Waals surface area contributed by atoms with Gasteiger partial charge in [-0.2, -0.15) is 0 Å².